The molecule has 2 heterocycles. The van der Waals surface area contributed by atoms with Crippen LogP contribution in [-0.2, 0) is 6.42 Å². The fraction of sp³-hybridized carbons (Fsp3) is 0.360. The first-order valence-electron chi connectivity index (χ1n) is 11.1. The molecule has 1 aliphatic heterocycles. The van der Waals surface area contributed by atoms with E-state index in [1.165, 1.54) is 19.1 Å². The third-order valence-corrected chi connectivity index (χ3v) is 6.76. The molecule has 2 atom stereocenters. The molecule has 2 unspecified atom stereocenters. The van der Waals surface area contributed by atoms with Gasteiger partial charge >= 0.3 is 6.18 Å². The minimum Gasteiger partial charge on any atom is -0.378 e. The van der Waals surface area contributed by atoms with Crippen LogP contribution in [0.2, 0.25) is 0 Å². The van der Waals surface area contributed by atoms with E-state index < -0.39 is 23.7 Å². The monoisotopic (exact) mass is 470 g/mol. The molecule has 0 bridgehead atoms. The van der Waals surface area contributed by atoms with Crippen molar-refractivity contribution in [2.24, 2.45) is 15.4 Å². The predicted molar refractivity (Wildman–Crippen MR) is 120 cm³/mol. The average molecular weight is 470 g/mol. The molecule has 0 radical (unpaired) electrons. The Kier molecular flexibility index (Phi) is 5.27. The highest BCUT2D eigenvalue weighted by atomic mass is 19.4. The van der Waals surface area contributed by atoms with E-state index in [1.54, 1.807) is 30.3 Å². The largest absolute Gasteiger partial charge is 0.420 e. The minimum atomic E-state index is -4.93. The lowest BCUT2D eigenvalue weighted by Gasteiger charge is -2.40. The molecule has 1 N–H and O–H groups in total. The molecule has 1 aromatic heterocycles. The summed E-state index contributed by atoms with van der Waals surface area (Å²) in [5.41, 5.74) is -1.44. The lowest BCUT2D eigenvalue weighted by atomic mass is 9.74. The van der Waals surface area contributed by atoms with E-state index in [2.05, 4.69) is 15.4 Å². The van der Waals surface area contributed by atoms with Crippen LogP contribution in [0.3, 0.4) is 0 Å². The summed E-state index contributed by atoms with van der Waals surface area (Å²) in [6.07, 6.45) is -2.76. The highest BCUT2D eigenvalue weighted by Gasteiger charge is 2.66. The summed E-state index contributed by atoms with van der Waals surface area (Å²) in [6, 6.07) is 13.4. The van der Waals surface area contributed by atoms with E-state index in [1.807, 2.05) is 6.07 Å². The molecule has 0 amide bonds. The van der Waals surface area contributed by atoms with Gasteiger partial charge in [-0.25, -0.2) is 4.39 Å². The maximum Gasteiger partial charge on any atom is 0.420 e. The number of pyridine rings is 1. The van der Waals surface area contributed by atoms with Crippen LogP contribution >= 0.6 is 0 Å². The average Bonchev–Trinajstić information content (AvgIpc) is 3.56. The molecule has 1 fully saturated rings. The fourth-order valence-corrected chi connectivity index (χ4v) is 4.59. The van der Waals surface area contributed by atoms with Crippen molar-refractivity contribution in [2.75, 3.05) is 0 Å². The fourth-order valence-electron chi connectivity index (χ4n) is 4.59. The lowest BCUT2D eigenvalue weighted by Crippen LogP contribution is -2.63. The Morgan fingerprint density at radius 1 is 1.06 bits per heavy atom. The molecule has 0 saturated heterocycles. The summed E-state index contributed by atoms with van der Waals surface area (Å²) >= 11 is 0. The lowest BCUT2D eigenvalue weighted by molar-refractivity contribution is -0.275. The number of hydrogen-bond donors (Lipinski definition) is 1. The first kappa shape index (κ1) is 22.6. The first-order valence-corrected chi connectivity index (χ1v) is 11.1. The molecule has 1 saturated carbocycles. The Hall–Kier alpha value is -3.20. The number of alkyl halides is 3. The number of benzene rings is 2. The third-order valence-electron chi connectivity index (χ3n) is 6.76. The van der Waals surface area contributed by atoms with Gasteiger partial charge in [-0.05, 0) is 65.4 Å². The standard InChI is InChI=1S/C25H22F4N4O/c1-2-24(34,25(27,28)29)23(14-30-33-32-23)13-15-3-10-19-20(16-6-8-18(26)9-7-16)12-21(17-4-5-17)31-22(19)11-15/h3,6-12,14,17,34H,2,4-5,13H2,1H3. The Bertz CT molecular complexity index is 1290. The van der Waals surface area contributed by atoms with E-state index in [4.69, 9.17) is 4.98 Å². The maximum absolute atomic E-state index is 13.9. The molecular formula is C25H22F4N4O. The highest BCUT2D eigenvalue weighted by molar-refractivity contribution is 5.95. The number of hydrogen-bond acceptors (Lipinski definition) is 5. The summed E-state index contributed by atoms with van der Waals surface area (Å²) in [7, 11) is 0. The van der Waals surface area contributed by atoms with Crippen LogP contribution in [0.25, 0.3) is 22.0 Å². The van der Waals surface area contributed by atoms with Crippen LogP contribution in [0.1, 0.15) is 43.4 Å². The zero-order valence-corrected chi connectivity index (χ0v) is 18.3. The summed E-state index contributed by atoms with van der Waals surface area (Å²) in [5, 5.41) is 22.2. The van der Waals surface area contributed by atoms with Gasteiger partial charge < -0.3 is 5.11 Å². The van der Waals surface area contributed by atoms with Crippen molar-refractivity contribution < 1.29 is 22.7 Å². The van der Waals surface area contributed by atoms with Gasteiger partial charge in [-0.15, -0.1) is 5.10 Å². The normalized spacial score (nSPS) is 21.8. The molecule has 9 heteroatoms. The molecule has 3 aromatic rings. The number of fused-ring (bicyclic) bond motifs is 1. The van der Waals surface area contributed by atoms with E-state index in [0.717, 1.165) is 41.3 Å². The molecule has 5 rings (SSSR count). The van der Waals surface area contributed by atoms with E-state index >= 15 is 0 Å². The van der Waals surface area contributed by atoms with E-state index in [0.29, 0.717) is 17.0 Å². The Labute approximate surface area is 193 Å². The molecule has 1 aliphatic carbocycles. The summed E-state index contributed by atoms with van der Waals surface area (Å²) in [6.45, 7) is 1.26. The molecule has 34 heavy (non-hydrogen) atoms. The van der Waals surface area contributed by atoms with Gasteiger partial charge in [-0.2, -0.15) is 18.3 Å². The zero-order valence-electron chi connectivity index (χ0n) is 18.3. The Balaban J connectivity index is 1.61. The smallest absolute Gasteiger partial charge is 0.378 e. The minimum absolute atomic E-state index is 0.249. The van der Waals surface area contributed by atoms with Crippen LogP contribution < -0.4 is 0 Å². The molecular weight excluding hydrogens is 448 g/mol. The highest BCUT2D eigenvalue weighted by Crippen LogP contribution is 2.46. The SMILES string of the molecule is CCC(O)(C(F)(F)F)C1(Cc2ccc3c(-c4ccc(F)cc4)cc(C4CC4)nc3c2)C=NN=N1. The van der Waals surface area contributed by atoms with Gasteiger partial charge in [0, 0.05) is 23.4 Å². The summed E-state index contributed by atoms with van der Waals surface area (Å²) in [5.74, 6) is 0.00218. The van der Waals surface area contributed by atoms with Gasteiger partial charge in [-0.1, -0.05) is 31.2 Å². The van der Waals surface area contributed by atoms with Gasteiger partial charge in [0.15, 0.2) is 11.1 Å². The third kappa shape index (κ3) is 3.68. The van der Waals surface area contributed by atoms with Crippen molar-refractivity contribution in [2.45, 2.75) is 55.8 Å². The molecule has 0 spiro atoms. The van der Waals surface area contributed by atoms with Crippen LogP contribution in [0.5, 0.6) is 0 Å². The van der Waals surface area contributed by atoms with E-state index in [-0.39, 0.29) is 12.2 Å². The van der Waals surface area contributed by atoms with Crippen molar-refractivity contribution >= 4 is 17.1 Å². The predicted octanol–water partition coefficient (Wildman–Crippen LogP) is 6.35. The van der Waals surface area contributed by atoms with Crippen LogP contribution in [-0.4, -0.2) is 33.6 Å². The maximum atomic E-state index is 13.9. The van der Waals surface area contributed by atoms with Crippen LogP contribution in [0.15, 0.2) is 64.0 Å². The number of halogens is 4. The van der Waals surface area contributed by atoms with Gasteiger partial charge in [-0.3, -0.25) is 4.98 Å². The van der Waals surface area contributed by atoms with Crippen LogP contribution in [0, 0.1) is 5.82 Å². The Morgan fingerprint density at radius 2 is 1.79 bits per heavy atom. The first-order chi connectivity index (χ1) is 16.2. The number of nitrogens with zero attached hydrogens (tertiary/aromatic N) is 4. The van der Waals surface area contributed by atoms with Gasteiger partial charge in [0.1, 0.15) is 5.82 Å². The summed E-state index contributed by atoms with van der Waals surface area (Å²) < 4.78 is 55.3. The van der Waals surface area contributed by atoms with E-state index in [9.17, 15) is 22.7 Å². The van der Waals surface area contributed by atoms with Gasteiger partial charge in [0.05, 0.1) is 11.7 Å². The molecule has 2 aliphatic rings. The van der Waals surface area contributed by atoms with Crippen molar-refractivity contribution in [1.82, 2.24) is 4.98 Å². The van der Waals surface area contributed by atoms with Crippen molar-refractivity contribution in [1.29, 1.82) is 0 Å². The van der Waals surface area contributed by atoms with Crippen molar-refractivity contribution in [3.8, 4) is 11.1 Å². The second-order valence-electron chi connectivity index (χ2n) is 8.97. The molecule has 5 nitrogen and oxygen atoms in total. The molecule has 176 valence electrons. The second-order valence-corrected chi connectivity index (χ2v) is 8.97. The van der Waals surface area contributed by atoms with Crippen LogP contribution in [0.4, 0.5) is 17.6 Å². The quantitative estimate of drug-likeness (QED) is 0.426. The number of rotatable bonds is 6. The summed E-state index contributed by atoms with van der Waals surface area (Å²) in [4.78, 5) is 4.78. The Morgan fingerprint density at radius 3 is 2.38 bits per heavy atom. The second kappa shape index (κ2) is 7.94. The topological polar surface area (TPSA) is 70.2 Å². The van der Waals surface area contributed by atoms with Gasteiger partial charge in [0.25, 0.3) is 0 Å². The zero-order chi connectivity index (χ0) is 24.1. The number of aliphatic hydroxyl groups is 1. The van der Waals surface area contributed by atoms with Crippen molar-refractivity contribution in [3.63, 3.8) is 0 Å². The van der Waals surface area contributed by atoms with Crippen molar-refractivity contribution in [3.05, 3.63) is 65.6 Å². The number of aromatic nitrogens is 1. The van der Waals surface area contributed by atoms with Gasteiger partial charge in [0.2, 0.25) is 0 Å². The molecule has 2 aromatic carbocycles.